The van der Waals surface area contributed by atoms with E-state index in [1.54, 1.807) is 18.5 Å². The average Bonchev–Trinajstić information content (AvgIpc) is 2.19. The van der Waals surface area contributed by atoms with Crippen LogP contribution in [0.2, 0.25) is 0 Å². The van der Waals surface area contributed by atoms with E-state index in [1.807, 2.05) is 19.1 Å². The Balaban J connectivity index is 2.49. The third-order valence-corrected chi connectivity index (χ3v) is 2.00. The Morgan fingerprint density at radius 1 is 1.29 bits per heavy atom. The van der Waals surface area contributed by atoms with Crippen molar-refractivity contribution in [3.05, 3.63) is 52.6 Å². The van der Waals surface area contributed by atoms with Gasteiger partial charge in [0.1, 0.15) is 0 Å². The lowest BCUT2D eigenvalue weighted by atomic mass is 10.1. The van der Waals surface area contributed by atoms with E-state index in [0.717, 1.165) is 16.8 Å². The molecule has 1 N–H and O–H groups in total. The van der Waals surface area contributed by atoms with Gasteiger partial charge in [-0.1, -0.05) is 0 Å². The predicted molar refractivity (Wildman–Crippen MR) is 55.0 cm³/mol. The summed E-state index contributed by atoms with van der Waals surface area (Å²) in [5, 5.41) is 0. The zero-order chi connectivity index (χ0) is 9.97. The van der Waals surface area contributed by atoms with Gasteiger partial charge in [-0.25, -0.2) is 0 Å². The average molecular weight is 186 g/mol. The topological polar surface area (TPSA) is 45.8 Å². The minimum Gasteiger partial charge on any atom is -0.328 e. The maximum Gasteiger partial charge on any atom is 0.247 e. The van der Waals surface area contributed by atoms with E-state index in [0.29, 0.717) is 0 Å². The molecule has 2 aromatic rings. The molecule has 14 heavy (non-hydrogen) atoms. The van der Waals surface area contributed by atoms with Gasteiger partial charge >= 0.3 is 0 Å². The minimum absolute atomic E-state index is 0.0959. The van der Waals surface area contributed by atoms with Crippen LogP contribution < -0.4 is 5.56 Å². The summed E-state index contributed by atoms with van der Waals surface area (Å²) < 4.78 is 0. The van der Waals surface area contributed by atoms with Gasteiger partial charge in [-0.15, -0.1) is 0 Å². The molecular formula is C11H10N2O. The highest BCUT2D eigenvalue weighted by Gasteiger charge is 1.98. The predicted octanol–water partition coefficient (Wildman–Crippen LogP) is 1.75. The third kappa shape index (κ3) is 1.71. The molecule has 0 aromatic carbocycles. The Morgan fingerprint density at radius 3 is 2.79 bits per heavy atom. The molecule has 0 spiro atoms. The van der Waals surface area contributed by atoms with Crippen LogP contribution in [0.25, 0.3) is 11.3 Å². The summed E-state index contributed by atoms with van der Waals surface area (Å²) in [6.07, 6.45) is 3.43. The molecule has 0 unspecified atom stereocenters. The Kier molecular flexibility index (Phi) is 2.14. The fraction of sp³-hybridized carbons (Fsp3) is 0.0909. The molecule has 0 aliphatic heterocycles. The Hall–Kier alpha value is -1.90. The van der Waals surface area contributed by atoms with Crippen molar-refractivity contribution in [2.45, 2.75) is 6.92 Å². The molecule has 0 aliphatic rings. The first kappa shape index (κ1) is 8.69. The maximum atomic E-state index is 10.8. The standard InChI is InChI=1S/C11H10N2O/c1-8-4-5-12-10(6-8)9-2-3-11(14)13-7-9/h2-7H,1H3,(H,13,14). The van der Waals surface area contributed by atoms with E-state index in [9.17, 15) is 4.79 Å². The largest absolute Gasteiger partial charge is 0.328 e. The van der Waals surface area contributed by atoms with Crippen LogP contribution >= 0.6 is 0 Å². The number of aromatic nitrogens is 2. The SMILES string of the molecule is Cc1ccnc(-c2ccc(=O)[nH]c2)c1. The van der Waals surface area contributed by atoms with Gasteiger partial charge in [0.25, 0.3) is 0 Å². The van der Waals surface area contributed by atoms with Crippen LogP contribution in [0.4, 0.5) is 0 Å². The molecule has 3 nitrogen and oxygen atoms in total. The van der Waals surface area contributed by atoms with Crippen LogP contribution in [0.1, 0.15) is 5.56 Å². The molecule has 3 heteroatoms. The van der Waals surface area contributed by atoms with Gasteiger partial charge in [-0.3, -0.25) is 9.78 Å². The summed E-state index contributed by atoms with van der Waals surface area (Å²) in [6, 6.07) is 7.18. The second-order valence-corrected chi connectivity index (χ2v) is 3.16. The molecule has 0 radical (unpaired) electrons. The molecule has 2 rings (SSSR count). The van der Waals surface area contributed by atoms with Crippen LogP contribution in [0.15, 0.2) is 41.5 Å². The van der Waals surface area contributed by atoms with Crippen LogP contribution in [-0.4, -0.2) is 9.97 Å². The Bertz CT molecular complexity index is 482. The van der Waals surface area contributed by atoms with Gasteiger partial charge in [0.05, 0.1) is 5.69 Å². The van der Waals surface area contributed by atoms with Gasteiger partial charge in [-0.2, -0.15) is 0 Å². The van der Waals surface area contributed by atoms with Crippen molar-refractivity contribution in [3.63, 3.8) is 0 Å². The molecule has 70 valence electrons. The first-order valence-corrected chi connectivity index (χ1v) is 4.37. The lowest BCUT2D eigenvalue weighted by Gasteiger charge is -2.00. The van der Waals surface area contributed by atoms with Crippen LogP contribution in [0.5, 0.6) is 0 Å². The first-order valence-electron chi connectivity index (χ1n) is 4.37. The number of pyridine rings is 2. The van der Waals surface area contributed by atoms with Crippen molar-refractivity contribution in [1.82, 2.24) is 9.97 Å². The third-order valence-electron chi connectivity index (χ3n) is 2.00. The number of H-pyrrole nitrogens is 1. The highest BCUT2D eigenvalue weighted by atomic mass is 16.1. The van der Waals surface area contributed by atoms with Gasteiger partial charge in [-0.05, 0) is 30.7 Å². The van der Waals surface area contributed by atoms with Gasteiger partial charge in [0, 0.05) is 24.0 Å². The number of aromatic amines is 1. The summed E-state index contributed by atoms with van der Waals surface area (Å²) in [5.41, 5.74) is 2.86. The smallest absolute Gasteiger partial charge is 0.247 e. The summed E-state index contributed by atoms with van der Waals surface area (Å²) in [7, 11) is 0. The number of hydrogen-bond donors (Lipinski definition) is 1. The fourth-order valence-corrected chi connectivity index (χ4v) is 1.26. The molecule has 0 atom stereocenters. The molecule has 2 heterocycles. The van der Waals surface area contributed by atoms with Crippen molar-refractivity contribution >= 4 is 0 Å². The highest BCUT2D eigenvalue weighted by molar-refractivity contribution is 5.57. The van der Waals surface area contributed by atoms with Gasteiger partial charge < -0.3 is 4.98 Å². The lowest BCUT2D eigenvalue weighted by molar-refractivity contribution is 1.22. The summed E-state index contributed by atoms with van der Waals surface area (Å²) >= 11 is 0. The summed E-state index contributed by atoms with van der Waals surface area (Å²) in [5.74, 6) is 0. The minimum atomic E-state index is -0.0959. The second kappa shape index (κ2) is 3.46. The zero-order valence-corrected chi connectivity index (χ0v) is 7.82. The van der Waals surface area contributed by atoms with Crippen LogP contribution in [0, 0.1) is 6.92 Å². The van der Waals surface area contributed by atoms with Crippen molar-refractivity contribution in [2.24, 2.45) is 0 Å². The molecule has 0 bridgehead atoms. The second-order valence-electron chi connectivity index (χ2n) is 3.16. The molecule has 0 aliphatic carbocycles. The van der Waals surface area contributed by atoms with Crippen molar-refractivity contribution in [3.8, 4) is 11.3 Å². The maximum absolute atomic E-state index is 10.8. The lowest BCUT2D eigenvalue weighted by Crippen LogP contribution is -2.01. The van der Waals surface area contributed by atoms with Crippen molar-refractivity contribution in [1.29, 1.82) is 0 Å². The highest BCUT2D eigenvalue weighted by Crippen LogP contribution is 2.14. The van der Waals surface area contributed by atoms with Crippen LogP contribution in [0.3, 0.4) is 0 Å². The quantitative estimate of drug-likeness (QED) is 0.737. The molecule has 0 saturated carbocycles. The van der Waals surface area contributed by atoms with Gasteiger partial charge in [0.2, 0.25) is 5.56 Å². The van der Waals surface area contributed by atoms with Gasteiger partial charge in [0.15, 0.2) is 0 Å². The summed E-state index contributed by atoms with van der Waals surface area (Å²) in [4.78, 5) is 17.7. The Labute approximate surface area is 81.5 Å². The monoisotopic (exact) mass is 186 g/mol. The molecule has 0 fully saturated rings. The van der Waals surface area contributed by atoms with E-state index in [1.165, 1.54) is 6.07 Å². The molecule has 2 aromatic heterocycles. The number of aryl methyl sites for hydroxylation is 1. The zero-order valence-electron chi connectivity index (χ0n) is 7.82. The first-order chi connectivity index (χ1) is 6.75. The van der Waals surface area contributed by atoms with E-state index in [-0.39, 0.29) is 5.56 Å². The van der Waals surface area contributed by atoms with E-state index < -0.39 is 0 Å². The fourth-order valence-electron chi connectivity index (χ4n) is 1.26. The van der Waals surface area contributed by atoms with E-state index in [4.69, 9.17) is 0 Å². The summed E-state index contributed by atoms with van der Waals surface area (Å²) in [6.45, 7) is 2.01. The number of rotatable bonds is 1. The van der Waals surface area contributed by atoms with Crippen LogP contribution in [-0.2, 0) is 0 Å². The Morgan fingerprint density at radius 2 is 2.14 bits per heavy atom. The number of nitrogens with one attached hydrogen (secondary N) is 1. The van der Waals surface area contributed by atoms with E-state index >= 15 is 0 Å². The van der Waals surface area contributed by atoms with Crippen molar-refractivity contribution in [2.75, 3.05) is 0 Å². The number of nitrogens with zero attached hydrogens (tertiary/aromatic N) is 1. The molecule has 0 saturated heterocycles. The molecule has 0 amide bonds. The number of hydrogen-bond acceptors (Lipinski definition) is 2. The normalized spacial score (nSPS) is 10.1. The van der Waals surface area contributed by atoms with Crippen molar-refractivity contribution < 1.29 is 0 Å². The molecular weight excluding hydrogens is 176 g/mol. The van der Waals surface area contributed by atoms with E-state index in [2.05, 4.69) is 9.97 Å².